The molecule has 144 valence electrons. The lowest BCUT2D eigenvalue weighted by Crippen LogP contribution is -2.41. The van der Waals surface area contributed by atoms with Gasteiger partial charge in [0.25, 0.3) is 0 Å². The first-order valence-electron chi connectivity index (χ1n) is 9.89. The fourth-order valence-corrected chi connectivity index (χ4v) is 3.05. The molecule has 1 fully saturated rings. The van der Waals surface area contributed by atoms with E-state index in [0.29, 0.717) is 12.5 Å². The van der Waals surface area contributed by atoms with E-state index < -0.39 is 0 Å². The van der Waals surface area contributed by atoms with Crippen molar-refractivity contribution in [1.82, 2.24) is 0 Å². The van der Waals surface area contributed by atoms with E-state index >= 15 is 0 Å². The van der Waals surface area contributed by atoms with Crippen molar-refractivity contribution >= 4 is 12.6 Å². The molecule has 27 heavy (non-hydrogen) atoms. The number of hydrogen-bond acceptors (Lipinski definition) is 3. The number of benzene rings is 2. The van der Waals surface area contributed by atoms with Crippen molar-refractivity contribution in [3.05, 3.63) is 59.7 Å². The molecule has 1 aliphatic heterocycles. The molecule has 0 N–H and O–H groups in total. The SMILES string of the molecule is CCC(C)c1ccc(COc2ccc(B3OC(C)(C)C(C)(C)O3)cc2)cc1. The first-order chi connectivity index (χ1) is 12.7. The molecule has 1 saturated heterocycles. The lowest BCUT2D eigenvalue weighted by atomic mass is 9.79. The predicted octanol–water partition coefficient (Wildman–Crippen LogP) is 5.08. The molecule has 0 radical (unpaired) electrons. The Kier molecular flexibility index (Phi) is 5.69. The van der Waals surface area contributed by atoms with Gasteiger partial charge in [0.1, 0.15) is 12.4 Å². The summed E-state index contributed by atoms with van der Waals surface area (Å²) in [5.74, 6) is 1.45. The quantitative estimate of drug-likeness (QED) is 0.668. The zero-order valence-corrected chi connectivity index (χ0v) is 17.4. The summed E-state index contributed by atoms with van der Waals surface area (Å²) in [7, 11) is -0.336. The molecular formula is C23H31BO3. The second kappa shape index (κ2) is 7.69. The van der Waals surface area contributed by atoms with Gasteiger partial charge in [-0.2, -0.15) is 0 Å². The van der Waals surface area contributed by atoms with E-state index in [-0.39, 0.29) is 18.3 Å². The minimum absolute atomic E-state index is 0.325. The van der Waals surface area contributed by atoms with Gasteiger partial charge in [0.15, 0.2) is 0 Å². The minimum atomic E-state index is -0.336. The van der Waals surface area contributed by atoms with Gasteiger partial charge in [0.05, 0.1) is 11.2 Å². The van der Waals surface area contributed by atoms with Gasteiger partial charge in [0.2, 0.25) is 0 Å². The van der Waals surface area contributed by atoms with E-state index in [1.165, 1.54) is 11.1 Å². The molecule has 0 aromatic heterocycles. The van der Waals surface area contributed by atoms with E-state index in [4.69, 9.17) is 14.0 Å². The fourth-order valence-electron chi connectivity index (χ4n) is 3.05. The Labute approximate surface area is 164 Å². The lowest BCUT2D eigenvalue weighted by Gasteiger charge is -2.32. The molecule has 0 aliphatic carbocycles. The highest BCUT2D eigenvalue weighted by molar-refractivity contribution is 6.62. The molecule has 1 aliphatic rings. The smallest absolute Gasteiger partial charge is 0.489 e. The molecule has 1 heterocycles. The Hall–Kier alpha value is -1.78. The van der Waals surface area contributed by atoms with Crippen molar-refractivity contribution in [2.24, 2.45) is 0 Å². The van der Waals surface area contributed by atoms with Crippen LogP contribution in [-0.2, 0) is 15.9 Å². The molecule has 0 amide bonds. The van der Waals surface area contributed by atoms with Crippen LogP contribution in [0.1, 0.15) is 65.0 Å². The van der Waals surface area contributed by atoms with E-state index in [1.807, 2.05) is 24.3 Å². The van der Waals surface area contributed by atoms with Gasteiger partial charge in [-0.25, -0.2) is 0 Å². The first kappa shape index (κ1) is 20.0. The van der Waals surface area contributed by atoms with Gasteiger partial charge in [0, 0.05) is 0 Å². The third kappa shape index (κ3) is 4.39. The standard InChI is InChI=1S/C23H31BO3/c1-7-17(2)19-10-8-18(9-11-19)16-25-21-14-12-20(13-15-21)24-26-22(3,4)23(5,6)27-24/h8-15,17H,7,16H2,1-6H3. The van der Waals surface area contributed by atoms with Gasteiger partial charge in [-0.05, 0) is 68.8 Å². The average molecular weight is 366 g/mol. The summed E-state index contributed by atoms with van der Waals surface area (Å²) < 4.78 is 18.1. The third-order valence-electron chi connectivity index (χ3n) is 5.97. The first-order valence-corrected chi connectivity index (χ1v) is 9.89. The highest BCUT2D eigenvalue weighted by atomic mass is 16.7. The molecule has 2 aromatic carbocycles. The molecule has 0 bridgehead atoms. The highest BCUT2D eigenvalue weighted by Gasteiger charge is 2.51. The molecule has 1 unspecified atom stereocenters. The predicted molar refractivity (Wildman–Crippen MR) is 112 cm³/mol. The summed E-state index contributed by atoms with van der Waals surface area (Å²) in [4.78, 5) is 0. The second-order valence-electron chi connectivity index (χ2n) is 8.50. The number of ether oxygens (including phenoxy) is 1. The van der Waals surface area contributed by atoms with E-state index in [9.17, 15) is 0 Å². The molecule has 0 spiro atoms. The number of hydrogen-bond donors (Lipinski definition) is 0. The third-order valence-corrected chi connectivity index (χ3v) is 5.97. The van der Waals surface area contributed by atoms with Crippen molar-refractivity contribution < 1.29 is 14.0 Å². The van der Waals surface area contributed by atoms with Crippen LogP contribution in [0, 0.1) is 0 Å². The minimum Gasteiger partial charge on any atom is -0.489 e. The molecule has 2 aromatic rings. The Bertz CT molecular complexity index is 734. The summed E-state index contributed by atoms with van der Waals surface area (Å²) in [5.41, 5.74) is 2.92. The van der Waals surface area contributed by atoms with Crippen molar-refractivity contribution in [2.45, 2.75) is 71.7 Å². The van der Waals surface area contributed by atoms with Crippen molar-refractivity contribution in [3.8, 4) is 5.75 Å². The monoisotopic (exact) mass is 366 g/mol. The summed E-state index contributed by atoms with van der Waals surface area (Å²) >= 11 is 0. The Morgan fingerprint density at radius 1 is 0.889 bits per heavy atom. The molecule has 1 atom stereocenters. The van der Waals surface area contributed by atoms with Crippen molar-refractivity contribution in [2.75, 3.05) is 0 Å². The topological polar surface area (TPSA) is 27.7 Å². The zero-order valence-electron chi connectivity index (χ0n) is 17.4. The second-order valence-corrected chi connectivity index (χ2v) is 8.50. The largest absolute Gasteiger partial charge is 0.494 e. The summed E-state index contributed by atoms with van der Waals surface area (Å²) in [6.07, 6.45) is 1.16. The van der Waals surface area contributed by atoms with Crippen LogP contribution in [-0.4, -0.2) is 18.3 Å². The van der Waals surface area contributed by atoms with Crippen molar-refractivity contribution in [3.63, 3.8) is 0 Å². The summed E-state index contributed by atoms with van der Waals surface area (Å²) in [6.45, 7) is 13.3. The molecule has 3 nitrogen and oxygen atoms in total. The zero-order chi connectivity index (χ0) is 19.7. The summed E-state index contributed by atoms with van der Waals surface area (Å²) in [5, 5.41) is 0. The van der Waals surface area contributed by atoms with Crippen LogP contribution in [0.5, 0.6) is 5.75 Å². The average Bonchev–Trinajstić information content (AvgIpc) is 2.87. The maximum atomic E-state index is 6.10. The fraction of sp³-hybridized carbons (Fsp3) is 0.478. The van der Waals surface area contributed by atoms with Crippen LogP contribution in [0.4, 0.5) is 0 Å². The number of rotatable bonds is 6. The van der Waals surface area contributed by atoms with Gasteiger partial charge >= 0.3 is 7.12 Å². The van der Waals surface area contributed by atoms with Crippen LogP contribution in [0.2, 0.25) is 0 Å². The molecule has 3 rings (SSSR count). The highest BCUT2D eigenvalue weighted by Crippen LogP contribution is 2.36. The maximum absolute atomic E-state index is 6.10. The lowest BCUT2D eigenvalue weighted by molar-refractivity contribution is 0.00578. The van der Waals surface area contributed by atoms with Crippen LogP contribution >= 0.6 is 0 Å². The Balaban J connectivity index is 1.58. The molecular weight excluding hydrogens is 335 g/mol. The summed E-state index contributed by atoms with van der Waals surface area (Å²) in [6, 6.07) is 16.7. The van der Waals surface area contributed by atoms with Crippen LogP contribution < -0.4 is 10.2 Å². The van der Waals surface area contributed by atoms with E-state index in [1.54, 1.807) is 0 Å². The molecule has 4 heteroatoms. The van der Waals surface area contributed by atoms with Gasteiger partial charge in [-0.3, -0.25) is 0 Å². The normalized spacial score (nSPS) is 19.1. The van der Waals surface area contributed by atoms with Crippen LogP contribution in [0.3, 0.4) is 0 Å². The van der Waals surface area contributed by atoms with Crippen LogP contribution in [0.15, 0.2) is 48.5 Å². The van der Waals surface area contributed by atoms with Crippen molar-refractivity contribution in [1.29, 1.82) is 0 Å². The van der Waals surface area contributed by atoms with E-state index in [2.05, 4.69) is 65.8 Å². The van der Waals surface area contributed by atoms with Gasteiger partial charge in [-0.15, -0.1) is 0 Å². The van der Waals surface area contributed by atoms with Crippen LogP contribution in [0.25, 0.3) is 0 Å². The Morgan fingerprint density at radius 3 is 1.96 bits per heavy atom. The van der Waals surface area contributed by atoms with E-state index in [0.717, 1.165) is 17.6 Å². The molecule has 0 saturated carbocycles. The van der Waals surface area contributed by atoms with Gasteiger partial charge < -0.3 is 14.0 Å². The van der Waals surface area contributed by atoms with Gasteiger partial charge in [-0.1, -0.05) is 50.2 Å². The maximum Gasteiger partial charge on any atom is 0.494 e. The Morgan fingerprint density at radius 2 is 1.44 bits per heavy atom.